The molecule has 3 rings (SSSR count). The third kappa shape index (κ3) is 3.40. The summed E-state index contributed by atoms with van der Waals surface area (Å²) in [7, 11) is 0. The Morgan fingerprint density at radius 2 is 1.71 bits per heavy atom. The quantitative estimate of drug-likeness (QED) is 0.909. The summed E-state index contributed by atoms with van der Waals surface area (Å²) in [5.41, 5.74) is 3.81. The van der Waals surface area contributed by atoms with Gasteiger partial charge in [-0.05, 0) is 49.2 Å². The van der Waals surface area contributed by atoms with Gasteiger partial charge >= 0.3 is 0 Å². The number of rotatable bonds is 4. The van der Waals surface area contributed by atoms with Gasteiger partial charge in [0.1, 0.15) is 6.04 Å². The predicted molar refractivity (Wildman–Crippen MR) is 96.3 cm³/mol. The van der Waals surface area contributed by atoms with E-state index in [4.69, 9.17) is 0 Å². The van der Waals surface area contributed by atoms with Gasteiger partial charge in [-0.2, -0.15) is 0 Å². The summed E-state index contributed by atoms with van der Waals surface area (Å²) in [4.78, 5) is 25.6. The Kier molecular flexibility index (Phi) is 4.51. The van der Waals surface area contributed by atoms with Crippen molar-refractivity contribution in [1.29, 1.82) is 0 Å². The monoisotopic (exact) mass is 323 g/mol. The number of nitrogens with one attached hydrogen (secondary N) is 2. The van der Waals surface area contributed by atoms with Gasteiger partial charge < -0.3 is 15.5 Å². The van der Waals surface area contributed by atoms with Gasteiger partial charge in [-0.1, -0.05) is 18.2 Å². The Labute approximate surface area is 141 Å². The summed E-state index contributed by atoms with van der Waals surface area (Å²) >= 11 is 0. The number of para-hydroxylation sites is 1. The van der Waals surface area contributed by atoms with Crippen molar-refractivity contribution in [1.82, 2.24) is 0 Å². The van der Waals surface area contributed by atoms with E-state index in [1.165, 1.54) is 12.5 Å². The topological polar surface area (TPSA) is 61.4 Å². The second-order valence-electron chi connectivity index (χ2n) is 5.99. The maximum absolute atomic E-state index is 12.7. The minimum absolute atomic E-state index is 0.0610. The summed E-state index contributed by atoms with van der Waals surface area (Å²) in [6.07, 6.45) is 0.903. The Bertz CT molecular complexity index is 755. The third-order valence-electron chi connectivity index (χ3n) is 4.11. The molecule has 0 spiro atoms. The minimum atomic E-state index is -0.331. The van der Waals surface area contributed by atoms with Crippen molar-refractivity contribution in [3.8, 4) is 0 Å². The van der Waals surface area contributed by atoms with E-state index < -0.39 is 0 Å². The standard InChI is InChI=1S/C19H21N3O2/c1-13(20-16-7-9-17(10-8-16)21-14(2)23)19(24)22-12-11-15-5-3-4-6-18(15)22/h3-10,13,20H,11-12H2,1-2H3,(H,21,23). The fourth-order valence-electron chi connectivity index (χ4n) is 2.97. The summed E-state index contributed by atoms with van der Waals surface area (Å²) in [6.45, 7) is 4.07. The number of hydrogen-bond acceptors (Lipinski definition) is 3. The number of carbonyl (C=O) groups is 2. The van der Waals surface area contributed by atoms with Gasteiger partial charge in [0.2, 0.25) is 11.8 Å². The first-order chi connectivity index (χ1) is 11.5. The Balaban J connectivity index is 1.66. The second kappa shape index (κ2) is 6.74. The lowest BCUT2D eigenvalue weighted by Gasteiger charge is -2.23. The molecular weight excluding hydrogens is 302 g/mol. The second-order valence-corrected chi connectivity index (χ2v) is 5.99. The lowest BCUT2D eigenvalue weighted by atomic mass is 10.2. The van der Waals surface area contributed by atoms with Crippen molar-refractivity contribution < 1.29 is 9.59 Å². The average molecular weight is 323 g/mol. The van der Waals surface area contributed by atoms with Crippen molar-refractivity contribution in [2.75, 3.05) is 22.1 Å². The van der Waals surface area contributed by atoms with Crippen LogP contribution in [0.3, 0.4) is 0 Å². The van der Waals surface area contributed by atoms with Crippen LogP contribution in [0, 0.1) is 0 Å². The zero-order valence-corrected chi connectivity index (χ0v) is 13.9. The number of hydrogen-bond donors (Lipinski definition) is 2. The smallest absolute Gasteiger partial charge is 0.249 e. The maximum atomic E-state index is 12.7. The Morgan fingerprint density at radius 3 is 2.42 bits per heavy atom. The van der Waals surface area contributed by atoms with Crippen LogP contribution in [0.4, 0.5) is 17.1 Å². The molecule has 0 saturated heterocycles. The molecule has 0 aliphatic carbocycles. The number of fused-ring (bicyclic) bond motifs is 1. The highest BCUT2D eigenvalue weighted by molar-refractivity contribution is 6.00. The molecule has 1 heterocycles. The van der Waals surface area contributed by atoms with Gasteiger partial charge in [0.25, 0.3) is 0 Å². The first-order valence-corrected chi connectivity index (χ1v) is 8.08. The van der Waals surface area contributed by atoms with Crippen molar-refractivity contribution in [2.45, 2.75) is 26.3 Å². The molecule has 24 heavy (non-hydrogen) atoms. The number of carbonyl (C=O) groups excluding carboxylic acids is 2. The fourth-order valence-corrected chi connectivity index (χ4v) is 2.97. The van der Waals surface area contributed by atoms with Crippen LogP contribution in [0.2, 0.25) is 0 Å². The van der Waals surface area contributed by atoms with E-state index in [0.717, 1.165) is 30.0 Å². The molecule has 2 aromatic carbocycles. The largest absolute Gasteiger partial charge is 0.374 e. The lowest BCUT2D eigenvalue weighted by Crippen LogP contribution is -2.40. The molecule has 0 radical (unpaired) electrons. The zero-order chi connectivity index (χ0) is 17.1. The molecule has 1 aliphatic rings. The molecule has 0 aromatic heterocycles. The number of nitrogens with zero attached hydrogens (tertiary/aromatic N) is 1. The number of amides is 2. The molecule has 5 nitrogen and oxygen atoms in total. The van der Waals surface area contributed by atoms with Crippen LogP contribution < -0.4 is 15.5 Å². The molecule has 1 aliphatic heterocycles. The molecule has 1 unspecified atom stereocenters. The van der Waals surface area contributed by atoms with Crippen molar-refractivity contribution >= 4 is 28.9 Å². The van der Waals surface area contributed by atoms with E-state index in [1.807, 2.05) is 54.3 Å². The molecule has 0 bridgehead atoms. The van der Waals surface area contributed by atoms with E-state index in [9.17, 15) is 9.59 Å². The fraction of sp³-hybridized carbons (Fsp3) is 0.263. The Hall–Kier alpha value is -2.82. The summed E-state index contributed by atoms with van der Waals surface area (Å²) in [5, 5.41) is 5.95. The van der Waals surface area contributed by atoms with Crippen LogP contribution in [0.1, 0.15) is 19.4 Å². The van der Waals surface area contributed by atoms with E-state index in [2.05, 4.69) is 16.7 Å². The van der Waals surface area contributed by atoms with Gasteiger partial charge in [0.05, 0.1) is 0 Å². The van der Waals surface area contributed by atoms with Crippen LogP contribution in [-0.4, -0.2) is 24.4 Å². The lowest BCUT2D eigenvalue weighted by molar-refractivity contribution is -0.119. The molecular formula is C19H21N3O2. The number of anilines is 3. The van der Waals surface area contributed by atoms with Crippen LogP contribution in [0.15, 0.2) is 48.5 Å². The highest BCUT2D eigenvalue weighted by atomic mass is 16.2. The van der Waals surface area contributed by atoms with Gasteiger partial charge in [-0.3, -0.25) is 9.59 Å². The van der Waals surface area contributed by atoms with Crippen LogP contribution in [-0.2, 0) is 16.0 Å². The molecule has 2 N–H and O–H groups in total. The van der Waals surface area contributed by atoms with Gasteiger partial charge in [0.15, 0.2) is 0 Å². The molecule has 2 amide bonds. The minimum Gasteiger partial charge on any atom is -0.374 e. The summed E-state index contributed by atoms with van der Waals surface area (Å²) in [5.74, 6) is -0.0437. The van der Waals surface area contributed by atoms with Gasteiger partial charge in [-0.25, -0.2) is 0 Å². The predicted octanol–water partition coefficient (Wildman–Crippen LogP) is 3.03. The summed E-state index contributed by atoms with van der Waals surface area (Å²) in [6, 6.07) is 15.0. The van der Waals surface area contributed by atoms with E-state index in [1.54, 1.807) is 0 Å². The maximum Gasteiger partial charge on any atom is 0.249 e. The first-order valence-electron chi connectivity index (χ1n) is 8.08. The van der Waals surface area contributed by atoms with E-state index in [-0.39, 0.29) is 17.9 Å². The van der Waals surface area contributed by atoms with Gasteiger partial charge in [-0.15, -0.1) is 0 Å². The first kappa shape index (κ1) is 16.1. The molecule has 2 aromatic rings. The van der Waals surface area contributed by atoms with Crippen molar-refractivity contribution in [3.63, 3.8) is 0 Å². The van der Waals surface area contributed by atoms with Crippen LogP contribution in [0.5, 0.6) is 0 Å². The molecule has 124 valence electrons. The van der Waals surface area contributed by atoms with E-state index in [0.29, 0.717) is 0 Å². The van der Waals surface area contributed by atoms with E-state index >= 15 is 0 Å². The molecule has 5 heteroatoms. The molecule has 0 saturated carbocycles. The highest BCUT2D eigenvalue weighted by Gasteiger charge is 2.27. The van der Waals surface area contributed by atoms with Crippen LogP contribution in [0.25, 0.3) is 0 Å². The van der Waals surface area contributed by atoms with Crippen molar-refractivity contribution in [3.05, 3.63) is 54.1 Å². The molecule has 1 atom stereocenters. The van der Waals surface area contributed by atoms with Crippen LogP contribution >= 0.6 is 0 Å². The van der Waals surface area contributed by atoms with Gasteiger partial charge in [0, 0.05) is 30.5 Å². The zero-order valence-electron chi connectivity index (χ0n) is 13.9. The normalized spacial score (nSPS) is 14.0. The number of benzene rings is 2. The Morgan fingerprint density at radius 1 is 1.04 bits per heavy atom. The SMILES string of the molecule is CC(=O)Nc1ccc(NC(C)C(=O)N2CCc3ccccc32)cc1. The highest BCUT2D eigenvalue weighted by Crippen LogP contribution is 2.28. The third-order valence-corrected chi connectivity index (χ3v) is 4.11. The molecule has 0 fully saturated rings. The summed E-state index contributed by atoms with van der Waals surface area (Å²) < 4.78 is 0. The average Bonchev–Trinajstić information content (AvgIpc) is 2.99. The van der Waals surface area contributed by atoms with Crippen molar-refractivity contribution in [2.24, 2.45) is 0 Å².